The first kappa shape index (κ1) is 19.0. The lowest BCUT2D eigenvalue weighted by molar-refractivity contribution is 0.170. The Kier molecular flexibility index (Phi) is 7.31. The molecule has 0 saturated carbocycles. The standard InChI is InChI=1S/C19H31N3OS/c1-15(2)13-20-19(24)22(17-9-11-21(3)12-10-17)14-16-5-7-18(23-4)8-6-16/h5-8,15,17H,9-14H2,1-4H3,(H,20,24). The normalized spacial score (nSPS) is 16.2. The second-order valence-electron chi connectivity index (χ2n) is 7.09. The molecule has 1 aliphatic rings. The highest BCUT2D eigenvalue weighted by molar-refractivity contribution is 7.80. The first-order valence-electron chi connectivity index (χ1n) is 8.85. The van der Waals surface area contributed by atoms with Gasteiger partial charge in [0, 0.05) is 19.1 Å². The molecule has 0 bridgehead atoms. The van der Waals surface area contributed by atoms with E-state index >= 15 is 0 Å². The zero-order valence-corrected chi connectivity index (χ0v) is 16.2. The van der Waals surface area contributed by atoms with Crippen LogP contribution in [-0.2, 0) is 6.54 Å². The smallest absolute Gasteiger partial charge is 0.169 e. The van der Waals surface area contributed by atoms with Crippen molar-refractivity contribution in [2.24, 2.45) is 5.92 Å². The van der Waals surface area contributed by atoms with E-state index in [1.54, 1.807) is 7.11 Å². The predicted molar refractivity (Wildman–Crippen MR) is 104 cm³/mol. The molecular weight excluding hydrogens is 318 g/mol. The average molecular weight is 350 g/mol. The molecule has 2 rings (SSSR count). The number of thiocarbonyl (C=S) groups is 1. The largest absolute Gasteiger partial charge is 0.497 e. The van der Waals surface area contributed by atoms with Crippen LogP contribution in [-0.4, -0.2) is 54.7 Å². The molecule has 0 atom stereocenters. The molecule has 0 aliphatic carbocycles. The lowest BCUT2D eigenvalue weighted by Gasteiger charge is -2.39. The molecule has 1 heterocycles. The Labute approximate surface area is 152 Å². The van der Waals surface area contributed by atoms with Crippen molar-refractivity contribution in [1.82, 2.24) is 15.1 Å². The second kappa shape index (κ2) is 9.23. The number of piperidine rings is 1. The molecule has 0 amide bonds. The van der Waals surface area contributed by atoms with Crippen LogP contribution >= 0.6 is 12.2 Å². The monoisotopic (exact) mass is 349 g/mol. The maximum absolute atomic E-state index is 5.73. The number of ether oxygens (including phenoxy) is 1. The third-order valence-electron chi connectivity index (χ3n) is 4.56. The Balaban J connectivity index is 2.07. The van der Waals surface area contributed by atoms with Crippen molar-refractivity contribution in [3.63, 3.8) is 0 Å². The Hall–Kier alpha value is -1.33. The van der Waals surface area contributed by atoms with Crippen molar-refractivity contribution in [3.05, 3.63) is 29.8 Å². The summed E-state index contributed by atoms with van der Waals surface area (Å²) in [7, 11) is 3.89. The number of nitrogens with zero attached hydrogens (tertiary/aromatic N) is 2. The van der Waals surface area contributed by atoms with Crippen molar-refractivity contribution >= 4 is 17.3 Å². The van der Waals surface area contributed by atoms with Gasteiger partial charge in [0.05, 0.1) is 7.11 Å². The third kappa shape index (κ3) is 5.64. The maximum atomic E-state index is 5.73. The fourth-order valence-electron chi connectivity index (χ4n) is 2.99. The van der Waals surface area contributed by atoms with Crippen LogP contribution in [0, 0.1) is 5.92 Å². The molecule has 4 nitrogen and oxygen atoms in total. The van der Waals surface area contributed by atoms with Gasteiger partial charge < -0.3 is 19.9 Å². The average Bonchev–Trinajstić information content (AvgIpc) is 2.59. The van der Waals surface area contributed by atoms with E-state index in [1.165, 1.54) is 5.56 Å². The van der Waals surface area contributed by atoms with E-state index in [0.717, 1.165) is 49.9 Å². The number of benzene rings is 1. The topological polar surface area (TPSA) is 27.7 Å². The van der Waals surface area contributed by atoms with Gasteiger partial charge >= 0.3 is 0 Å². The summed E-state index contributed by atoms with van der Waals surface area (Å²) in [6.07, 6.45) is 2.33. The van der Waals surface area contributed by atoms with Gasteiger partial charge in [0.2, 0.25) is 0 Å². The molecule has 1 fully saturated rings. The summed E-state index contributed by atoms with van der Waals surface area (Å²) < 4.78 is 5.26. The molecule has 1 N–H and O–H groups in total. The van der Waals surface area contributed by atoms with Gasteiger partial charge in [-0.25, -0.2) is 0 Å². The first-order chi connectivity index (χ1) is 11.5. The lowest BCUT2D eigenvalue weighted by Crippen LogP contribution is -2.50. The summed E-state index contributed by atoms with van der Waals surface area (Å²) in [6, 6.07) is 8.81. The summed E-state index contributed by atoms with van der Waals surface area (Å²) >= 11 is 5.73. The molecule has 134 valence electrons. The Morgan fingerprint density at radius 2 is 1.92 bits per heavy atom. The molecule has 0 unspecified atom stereocenters. The quantitative estimate of drug-likeness (QED) is 0.797. The van der Waals surface area contributed by atoms with Crippen LogP contribution in [0.3, 0.4) is 0 Å². The molecular formula is C19H31N3OS. The second-order valence-corrected chi connectivity index (χ2v) is 7.48. The summed E-state index contributed by atoms with van der Waals surface area (Å²) in [5.41, 5.74) is 1.27. The third-order valence-corrected chi connectivity index (χ3v) is 4.94. The first-order valence-corrected chi connectivity index (χ1v) is 9.26. The van der Waals surface area contributed by atoms with E-state index in [9.17, 15) is 0 Å². The number of hydrogen-bond donors (Lipinski definition) is 1. The number of likely N-dealkylation sites (tertiary alicyclic amines) is 1. The molecule has 24 heavy (non-hydrogen) atoms. The van der Waals surface area contributed by atoms with Crippen molar-refractivity contribution in [2.75, 3.05) is 33.8 Å². The predicted octanol–water partition coefficient (Wildman–Crippen LogP) is 3.12. The minimum atomic E-state index is 0.510. The van der Waals surface area contributed by atoms with Gasteiger partial charge in [-0.1, -0.05) is 26.0 Å². The van der Waals surface area contributed by atoms with Crippen molar-refractivity contribution in [3.8, 4) is 5.75 Å². The molecule has 0 radical (unpaired) electrons. The molecule has 1 aromatic carbocycles. The molecule has 1 aliphatic heterocycles. The van der Waals surface area contributed by atoms with Gasteiger partial charge in [-0.3, -0.25) is 0 Å². The van der Waals surface area contributed by atoms with Crippen molar-refractivity contribution < 1.29 is 4.74 Å². The van der Waals surface area contributed by atoms with Crippen LogP contribution in [0.2, 0.25) is 0 Å². The van der Waals surface area contributed by atoms with Gasteiger partial charge in [0.1, 0.15) is 5.75 Å². The van der Waals surface area contributed by atoms with Gasteiger partial charge in [-0.05, 0) is 68.8 Å². The van der Waals surface area contributed by atoms with Gasteiger partial charge in [-0.2, -0.15) is 0 Å². The highest BCUT2D eigenvalue weighted by Crippen LogP contribution is 2.20. The number of hydrogen-bond acceptors (Lipinski definition) is 3. The van der Waals surface area contributed by atoms with E-state index in [4.69, 9.17) is 17.0 Å². The molecule has 0 spiro atoms. The molecule has 0 aromatic heterocycles. The van der Waals surface area contributed by atoms with Crippen LogP contribution in [0.25, 0.3) is 0 Å². The fourth-order valence-corrected chi connectivity index (χ4v) is 3.29. The van der Waals surface area contributed by atoms with Crippen LogP contribution in [0.15, 0.2) is 24.3 Å². The van der Waals surface area contributed by atoms with Crippen LogP contribution in [0.1, 0.15) is 32.3 Å². The number of nitrogens with one attached hydrogen (secondary N) is 1. The molecule has 1 saturated heterocycles. The lowest BCUT2D eigenvalue weighted by atomic mass is 10.0. The Morgan fingerprint density at radius 1 is 1.29 bits per heavy atom. The fraction of sp³-hybridized carbons (Fsp3) is 0.632. The Bertz CT molecular complexity index is 510. The zero-order chi connectivity index (χ0) is 17.5. The van der Waals surface area contributed by atoms with Gasteiger partial charge in [-0.15, -0.1) is 0 Å². The van der Waals surface area contributed by atoms with E-state index in [-0.39, 0.29) is 0 Å². The minimum absolute atomic E-state index is 0.510. The SMILES string of the molecule is COc1ccc(CN(C(=S)NCC(C)C)C2CCN(C)CC2)cc1. The highest BCUT2D eigenvalue weighted by Gasteiger charge is 2.25. The van der Waals surface area contributed by atoms with Crippen LogP contribution < -0.4 is 10.1 Å². The number of methoxy groups -OCH3 is 1. The summed E-state index contributed by atoms with van der Waals surface area (Å²) in [6.45, 7) is 8.46. The van der Waals surface area contributed by atoms with E-state index in [1.807, 2.05) is 12.1 Å². The highest BCUT2D eigenvalue weighted by atomic mass is 32.1. The maximum Gasteiger partial charge on any atom is 0.169 e. The van der Waals surface area contributed by atoms with Crippen LogP contribution in [0.5, 0.6) is 5.75 Å². The van der Waals surface area contributed by atoms with Crippen molar-refractivity contribution in [2.45, 2.75) is 39.3 Å². The summed E-state index contributed by atoms with van der Waals surface area (Å²) in [4.78, 5) is 4.78. The Morgan fingerprint density at radius 3 is 2.46 bits per heavy atom. The summed E-state index contributed by atoms with van der Waals surface area (Å²) in [5.74, 6) is 1.48. The molecule has 1 aromatic rings. The zero-order valence-electron chi connectivity index (χ0n) is 15.4. The summed E-state index contributed by atoms with van der Waals surface area (Å²) in [5, 5.41) is 4.34. The minimum Gasteiger partial charge on any atom is -0.497 e. The van der Waals surface area contributed by atoms with E-state index < -0.39 is 0 Å². The van der Waals surface area contributed by atoms with E-state index in [0.29, 0.717) is 12.0 Å². The molecule has 5 heteroatoms. The van der Waals surface area contributed by atoms with E-state index in [2.05, 4.69) is 48.1 Å². The van der Waals surface area contributed by atoms with Gasteiger partial charge in [0.15, 0.2) is 5.11 Å². The van der Waals surface area contributed by atoms with Gasteiger partial charge in [0.25, 0.3) is 0 Å². The van der Waals surface area contributed by atoms with Crippen molar-refractivity contribution in [1.29, 1.82) is 0 Å². The van der Waals surface area contributed by atoms with Crippen LogP contribution in [0.4, 0.5) is 0 Å². The number of rotatable bonds is 6.